The van der Waals surface area contributed by atoms with Gasteiger partial charge < -0.3 is 10.4 Å². The minimum Gasteiger partial charge on any atom is -0.392 e. The van der Waals surface area contributed by atoms with Crippen molar-refractivity contribution in [3.05, 3.63) is 29.3 Å². The van der Waals surface area contributed by atoms with E-state index in [2.05, 4.69) is 5.32 Å². The van der Waals surface area contributed by atoms with Crippen molar-refractivity contribution in [1.82, 2.24) is 0 Å². The van der Waals surface area contributed by atoms with Gasteiger partial charge in [-0.3, -0.25) is 0 Å². The molecule has 0 saturated heterocycles. The molecule has 1 rings (SSSR count). The van der Waals surface area contributed by atoms with E-state index in [-0.39, 0.29) is 5.56 Å². The summed E-state index contributed by atoms with van der Waals surface area (Å²) in [5, 5.41) is 11.3. The Bertz CT molecular complexity index is 322. The van der Waals surface area contributed by atoms with E-state index in [9.17, 15) is 13.2 Å². The lowest BCUT2D eigenvalue weighted by Crippen LogP contribution is -2.09. The Hall–Kier alpha value is -1.23. The minimum atomic E-state index is -4.43. The summed E-state index contributed by atoms with van der Waals surface area (Å²) in [7, 11) is 1.54. The quantitative estimate of drug-likeness (QED) is 0.776. The number of hydrogen-bond donors (Lipinski definition) is 2. The third kappa shape index (κ3) is 2.17. The Balaban J connectivity index is 3.22. The first kappa shape index (κ1) is 10.8. The Morgan fingerprint density at radius 2 is 2.00 bits per heavy atom. The second-order valence-electron chi connectivity index (χ2n) is 2.78. The number of halogens is 3. The van der Waals surface area contributed by atoms with Crippen LogP contribution in [0.15, 0.2) is 18.2 Å². The molecule has 78 valence electrons. The van der Waals surface area contributed by atoms with E-state index in [1.165, 1.54) is 19.2 Å². The molecule has 0 atom stereocenters. The van der Waals surface area contributed by atoms with Gasteiger partial charge in [0.2, 0.25) is 0 Å². The first-order valence-electron chi connectivity index (χ1n) is 3.97. The van der Waals surface area contributed by atoms with Gasteiger partial charge in [0.1, 0.15) is 0 Å². The van der Waals surface area contributed by atoms with Crippen LogP contribution < -0.4 is 5.32 Å². The lowest BCUT2D eigenvalue weighted by molar-refractivity contribution is -0.138. The molecular formula is C9H10F3NO. The number of aliphatic hydroxyl groups is 1. The molecule has 0 aromatic heterocycles. The molecule has 14 heavy (non-hydrogen) atoms. The van der Waals surface area contributed by atoms with Crippen molar-refractivity contribution in [2.75, 3.05) is 12.4 Å². The molecule has 0 amide bonds. The smallest absolute Gasteiger partial charge is 0.392 e. The molecule has 0 radical (unpaired) electrons. The van der Waals surface area contributed by atoms with Gasteiger partial charge in [0, 0.05) is 12.7 Å². The van der Waals surface area contributed by atoms with E-state index >= 15 is 0 Å². The van der Waals surface area contributed by atoms with E-state index in [0.29, 0.717) is 5.69 Å². The van der Waals surface area contributed by atoms with Crippen LogP contribution in [0.3, 0.4) is 0 Å². The van der Waals surface area contributed by atoms with Crippen molar-refractivity contribution >= 4 is 5.69 Å². The van der Waals surface area contributed by atoms with Gasteiger partial charge in [-0.05, 0) is 17.7 Å². The maximum Gasteiger partial charge on any atom is 0.416 e. The molecule has 5 heteroatoms. The molecule has 0 aliphatic rings. The maximum absolute atomic E-state index is 12.4. The number of hydrogen-bond acceptors (Lipinski definition) is 2. The lowest BCUT2D eigenvalue weighted by atomic mass is 10.1. The van der Waals surface area contributed by atoms with Crippen LogP contribution in [0.25, 0.3) is 0 Å². The molecule has 0 fully saturated rings. The van der Waals surface area contributed by atoms with Crippen LogP contribution in [-0.2, 0) is 12.8 Å². The van der Waals surface area contributed by atoms with Gasteiger partial charge in [0.05, 0.1) is 12.2 Å². The Morgan fingerprint density at radius 3 is 2.43 bits per heavy atom. The molecule has 0 spiro atoms. The van der Waals surface area contributed by atoms with Crippen molar-refractivity contribution in [3.8, 4) is 0 Å². The van der Waals surface area contributed by atoms with Crippen LogP contribution in [0.1, 0.15) is 11.1 Å². The summed E-state index contributed by atoms with van der Waals surface area (Å²) in [6, 6.07) is 3.72. The molecule has 0 aliphatic carbocycles. The van der Waals surface area contributed by atoms with Crippen molar-refractivity contribution in [3.63, 3.8) is 0 Å². The zero-order chi connectivity index (χ0) is 10.8. The van der Waals surface area contributed by atoms with Gasteiger partial charge in [-0.15, -0.1) is 0 Å². The first-order chi connectivity index (χ1) is 6.49. The number of anilines is 1. The fourth-order valence-electron chi connectivity index (χ4n) is 1.13. The van der Waals surface area contributed by atoms with Crippen LogP contribution in [0, 0.1) is 0 Å². The standard InChI is InChI=1S/C9H10F3NO/c1-13-7-3-2-6(5-14)8(4-7)9(10,11)12/h2-4,13-14H,5H2,1H3. The molecule has 2 N–H and O–H groups in total. The van der Waals surface area contributed by atoms with Gasteiger partial charge in [-0.1, -0.05) is 6.07 Å². The number of benzene rings is 1. The minimum absolute atomic E-state index is 0.114. The highest BCUT2D eigenvalue weighted by Gasteiger charge is 2.33. The zero-order valence-corrected chi connectivity index (χ0v) is 7.52. The summed E-state index contributed by atoms with van der Waals surface area (Å²) in [4.78, 5) is 0. The largest absolute Gasteiger partial charge is 0.416 e. The molecule has 0 heterocycles. The fourth-order valence-corrected chi connectivity index (χ4v) is 1.13. The second kappa shape index (κ2) is 3.88. The molecule has 0 saturated carbocycles. The summed E-state index contributed by atoms with van der Waals surface area (Å²) < 4.78 is 37.2. The predicted molar refractivity (Wildman–Crippen MR) is 46.9 cm³/mol. The van der Waals surface area contributed by atoms with Gasteiger partial charge in [-0.25, -0.2) is 0 Å². The molecule has 0 aliphatic heterocycles. The van der Waals surface area contributed by atoms with Crippen molar-refractivity contribution < 1.29 is 18.3 Å². The average molecular weight is 205 g/mol. The lowest BCUT2D eigenvalue weighted by Gasteiger charge is -2.12. The molecule has 0 bridgehead atoms. The fraction of sp³-hybridized carbons (Fsp3) is 0.333. The van der Waals surface area contributed by atoms with Crippen LogP contribution in [0.4, 0.5) is 18.9 Å². The molecule has 0 unspecified atom stereocenters. The van der Waals surface area contributed by atoms with E-state index < -0.39 is 18.3 Å². The third-order valence-corrected chi connectivity index (χ3v) is 1.87. The highest BCUT2D eigenvalue weighted by atomic mass is 19.4. The number of rotatable bonds is 2. The average Bonchev–Trinajstić information content (AvgIpc) is 2.15. The summed E-state index contributed by atoms with van der Waals surface area (Å²) in [6.45, 7) is -0.612. The molecule has 1 aromatic rings. The summed E-state index contributed by atoms with van der Waals surface area (Å²) in [5.74, 6) is 0. The van der Waals surface area contributed by atoms with E-state index in [1.807, 2.05) is 0 Å². The van der Waals surface area contributed by atoms with E-state index in [4.69, 9.17) is 5.11 Å². The number of nitrogens with one attached hydrogen (secondary N) is 1. The van der Waals surface area contributed by atoms with Gasteiger partial charge in [0.25, 0.3) is 0 Å². The Kier molecular flexibility index (Phi) is 3.00. The predicted octanol–water partition coefficient (Wildman–Crippen LogP) is 2.24. The van der Waals surface area contributed by atoms with Crippen LogP contribution in [0.2, 0.25) is 0 Å². The molecule has 1 aromatic carbocycles. The number of alkyl halides is 3. The van der Waals surface area contributed by atoms with E-state index in [1.54, 1.807) is 0 Å². The van der Waals surface area contributed by atoms with Crippen LogP contribution in [-0.4, -0.2) is 12.2 Å². The third-order valence-electron chi connectivity index (χ3n) is 1.87. The highest BCUT2D eigenvalue weighted by Crippen LogP contribution is 2.33. The molecular weight excluding hydrogens is 195 g/mol. The van der Waals surface area contributed by atoms with Crippen LogP contribution in [0.5, 0.6) is 0 Å². The topological polar surface area (TPSA) is 32.3 Å². The Morgan fingerprint density at radius 1 is 1.36 bits per heavy atom. The van der Waals surface area contributed by atoms with E-state index in [0.717, 1.165) is 6.07 Å². The van der Waals surface area contributed by atoms with Gasteiger partial charge in [-0.2, -0.15) is 13.2 Å². The normalized spacial score (nSPS) is 11.5. The monoisotopic (exact) mass is 205 g/mol. The first-order valence-corrected chi connectivity index (χ1v) is 3.97. The summed E-state index contributed by atoms with van der Waals surface area (Å²) in [5.41, 5.74) is -0.544. The second-order valence-corrected chi connectivity index (χ2v) is 2.78. The number of aliphatic hydroxyl groups excluding tert-OH is 1. The van der Waals surface area contributed by atoms with Gasteiger partial charge >= 0.3 is 6.18 Å². The van der Waals surface area contributed by atoms with Crippen molar-refractivity contribution in [2.45, 2.75) is 12.8 Å². The highest BCUT2D eigenvalue weighted by molar-refractivity contribution is 5.49. The van der Waals surface area contributed by atoms with Crippen molar-refractivity contribution in [2.24, 2.45) is 0 Å². The Labute approximate surface area is 79.4 Å². The SMILES string of the molecule is CNc1ccc(CO)c(C(F)(F)F)c1. The van der Waals surface area contributed by atoms with Gasteiger partial charge in [0.15, 0.2) is 0 Å². The maximum atomic E-state index is 12.4. The zero-order valence-electron chi connectivity index (χ0n) is 7.52. The van der Waals surface area contributed by atoms with Crippen LogP contribution >= 0.6 is 0 Å². The summed E-state index contributed by atoms with van der Waals surface area (Å²) >= 11 is 0. The summed E-state index contributed by atoms with van der Waals surface area (Å²) in [6.07, 6.45) is -4.43. The molecule has 2 nitrogen and oxygen atoms in total. The van der Waals surface area contributed by atoms with Crippen molar-refractivity contribution in [1.29, 1.82) is 0 Å².